The maximum Gasteiger partial charge on any atom is 0.416 e. The minimum Gasteiger partial charge on any atom is -0.441 e. The summed E-state index contributed by atoms with van der Waals surface area (Å²) in [5.41, 5.74) is -0.924. The summed E-state index contributed by atoms with van der Waals surface area (Å²) in [7, 11) is 0. The molecule has 3 aromatic rings. The Labute approximate surface area is 194 Å². The lowest BCUT2D eigenvalue weighted by Gasteiger charge is -2.18. The Balaban J connectivity index is 1.22. The SMILES string of the molecule is O=C(Nc1cccc(C(F)(F)F)c1)O[C@@H]1CO[C@H]2[C@@H]1OC[C@@H]2n1nnnc1Sc1ncccn1. The van der Waals surface area contributed by atoms with Crippen LogP contribution in [0.3, 0.4) is 0 Å². The molecule has 4 heterocycles. The highest BCUT2D eigenvalue weighted by Crippen LogP contribution is 2.37. The molecule has 0 aliphatic carbocycles. The number of halogens is 3. The van der Waals surface area contributed by atoms with Crippen LogP contribution in [-0.2, 0) is 20.4 Å². The van der Waals surface area contributed by atoms with E-state index in [0.717, 1.165) is 12.1 Å². The number of carbonyl (C=O) groups excluding carboxylic acids is 1. The number of carbonyl (C=O) groups is 1. The number of amides is 1. The molecule has 2 aliphatic rings. The molecule has 1 aromatic carbocycles. The van der Waals surface area contributed by atoms with Gasteiger partial charge < -0.3 is 14.2 Å². The molecule has 2 aromatic heterocycles. The van der Waals surface area contributed by atoms with Gasteiger partial charge in [0, 0.05) is 18.1 Å². The van der Waals surface area contributed by atoms with Crippen molar-refractivity contribution in [1.29, 1.82) is 0 Å². The minimum absolute atomic E-state index is 0.0426. The van der Waals surface area contributed by atoms with Crippen LogP contribution in [0, 0.1) is 0 Å². The van der Waals surface area contributed by atoms with Crippen LogP contribution in [-0.4, -0.2) is 67.8 Å². The van der Waals surface area contributed by atoms with Gasteiger partial charge in [0.2, 0.25) is 5.16 Å². The van der Waals surface area contributed by atoms with Gasteiger partial charge in [-0.15, -0.1) is 5.10 Å². The van der Waals surface area contributed by atoms with E-state index in [-0.39, 0.29) is 24.9 Å². The number of nitrogens with zero attached hydrogens (tertiary/aromatic N) is 6. The van der Waals surface area contributed by atoms with Gasteiger partial charge in [0.15, 0.2) is 11.3 Å². The molecule has 0 unspecified atom stereocenters. The Morgan fingerprint density at radius 1 is 1.15 bits per heavy atom. The van der Waals surface area contributed by atoms with E-state index >= 15 is 0 Å². The highest BCUT2D eigenvalue weighted by atomic mass is 32.2. The second kappa shape index (κ2) is 9.15. The van der Waals surface area contributed by atoms with Crippen LogP contribution in [0.4, 0.5) is 23.7 Å². The molecule has 1 amide bonds. The summed E-state index contributed by atoms with van der Waals surface area (Å²) < 4.78 is 57.2. The van der Waals surface area contributed by atoms with Crippen LogP contribution in [0.25, 0.3) is 0 Å². The second-order valence-corrected chi connectivity index (χ2v) is 8.28. The number of rotatable bonds is 5. The lowest BCUT2D eigenvalue weighted by molar-refractivity contribution is -0.137. The summed E-state index contributed by atoms with van der Waals surface area (Å²) in [6.45, 7) is 0.257. The summed E-state index contributed by atoms with van der Waals surface area (Å²) in [5, 5.41) is 15.0. The van der Waals surface area contributed by atoms with Crippen molar-refractivity contribution < 1.29 is 32.2 Å². The molecule has 2 fully saturated rings. The normalized spacial score (nSPS) is 24.1. The Kier molecular flexibility index (Phi) is 6.05. The van der Waals surface area contributed by atoms with Crippen LogP contribution in [0.15, 0.2) is 53.0 Å². The topological polar surface area (TPSA) is 126 Å². The number of aromatic nitrogens is 6. The smallest absolute Gasteiger partial charge is 0.416 e. The molecular formula is C19H16F3N7O4S. The Hall–Kier alpha value is -3.30. The van der Waals surface area contributed by atoms with Gasteiger partial charge in [-0.1, -0.05) is 6.07 Å². The van der Waals surface area contributed by atoms with Gasteiger partial charge >= 0.3 is 12.3 Å². The van der Waals surface area contributed by atoms with Crippen molar-refractivity contribution in [3.8, 4) is 0 Å². The standard InChI is InChI=1S/C19H16F3N7O4S/c20-19(21,22)10-3-1-4-11(7-10)25-18(30)33-13-9-32-14-12(8-31-15(13)14)29-17(26-27-28-29)34-16-23-5-2-6-24-16/h1-7,12-15H,8-9H2,(H,25,30)/t12-,13+,14+,15+/m0/s1. The molecule has 34 heavy (non-hydrogen) atoms. The van der Waals surface area contributed by atoms with Gasteiger partial charge in [-0.05, 0) is 46.5 Å². The third-order valence-corrected chi connectivity index (χ3v) is 6.02. The fourth-order valence-electron chi connectivity index (χ4n) is 3.69. The predicted octanol–water partition coefficient (Wildman–Crippen LogP) is 2.59. The summed E-state index contributed by atoms with van der Waals surface area (Å²) in [4.78, 5) is 20.6. The van der Waals surface area contributed by atoms with Gasteiger partial charge in [-0.2, -0.15) is 13.2 Å². The monoisotopic (exact) mass is 495 g/mol. The number of hydrogen-bond acceptors (Lipinski definition) is 10. The van der Waals surface area contributed by atoms with E-state index in [9.17, 15) is 18.0 Å². The molecule has 4 atom stereocenters. The van der Waals surface area contributed by atoms with Crippen molar-refractivity contribution in [2.45, 2.75) is 40.8 Å². The molecule has 1 N–H and O–H groups in total. The van der Waals surface area contributed by atoms with Crippen molar-refractivity contribution >= 4 is 23.5 Å². The van der Waals surface area contributed by atoms with Crippen LogP contribution in [0.1, 0.15) is 11.6 Å². The number of hydrogen-bond donors (Lipinski definition) is 1. The zero-order valence-corrected chi connectivity index (χ0v) is 17.9. The van der Waals surface area contributed by atoms with Crippen molar-refractivity contribution in [3.63, 3.8) is 0 Å². The van der Waals surface area contributed by atoms with Crippen molar-refractivity contribution in [2.24, 2.45) is 0 Å². The lowest BCUT2D eigenvalue weighted by Crippen LogP contribution is -2.35. The average molecular weight is 495 g/mol. The number of fused-ring (bicyclic) bond motifs is 1. The third kappa shape index (κ3) is 4.67. The third-order valence-electron chi connectivity index (χ3n) is 5.18. The van der Waals surface area contributed by atoms with E-state index in [0.29, 0.717) is 10.3 Å². The molecule has 0 spiro atoms. The molecule has 11 nitrogen and oxygen atoms in total. The molecular weight excluding hydrogens is 479 g/mol. The molecule has 15 heteroatoms. The van der Waals surface area contributed by atoms with Crippen molar-refractivity contribution in [2.75, 3.05) is 18.5 Å². The first-order chi connectivity index (χ1) is 16.4. The predicted molar refractivity (Wildman–Crippen MR) is 108 cm³/mol. The number of alkyl halides is 3. The second-order valence-electron chi connectivity index (χ2n) is 7.35. The first kappa shape index (κ1) is 22.5. The first-order valence-electron chi connectivity index (χ1n) is 9.99. The summed E-state index contributed by atoms with van der Waals surface area (Å²) in [6, 6.07) is 5.57. The zero-order valence-electron chi connectivity index (χ0n) is 17.1. The van der Waals surface area contributed by atoms with E-state index in [1.807, 2.05) is 0 Å². The number of benzene rings is 1. The number of ether oxygens (including phenoxy) is 3. The molecule has 5 rings (SSSR count). The number of nitrogens with one attached hydrogen (secondary N) is 1. The Bertz CT molecular complexity index is 1170. The maximum atomic E-state index is 12.9. The van der Waals surface area contributed by atoms with E-state index in [2.05, 4.69) is 30.8 Å². The molecule has 2 saturated heterocycles. The average Bonchev–Trinajstić information content (AvgIpc) is 3.52. The summed E-state index contributed by atoms with van der Waals surface area (Å²) in [5.74, 6) is 0. The van der Waals surface area contributed by atoms with Gasteiger partial charge in [0.25, 0.3) is 0 Å². The summed E-state index contributed by atoms with van der Waals surface area (Å²) >= 11 is 1.18. The lowest BCUT2D eigenvalue weighted by atomic mass is 10.1. The molecule has 178 valence electrons. The maximum absolute atomic E-state index is 12.9. The minimum atomic E-state index is -4.53. The van der Waals surface area contributed by atoms with Crippen LogP contribution < -0.4 is 5.32 Å². The van der Waals surface area contributed by atoms with Crippen LogP contribution in [0.2, 0.25) is 0 Å². The summed E-state index contributed by atoms with van der Waals surface area (Å²) in [6.07, 6.45) is -4.08. The fourth-order valence-corrected chi connectivity index (χ4v) is 4.43. The fraction of sp³-hybridized carbons (Fsp3) is 0.368. The van der Waals surface area contributed by atoms with E-state index < -0.39 is 36.1 Å². The highest BCUT2D eigenvalue weighted by Gasteiger charge is 2.51. The van der Waals surface area contributed by atoms with Crippen molar-refractivity contribution in [1.82, 2.24) is 30.2 Å². The number of anilines is 1. The Morgan fingerprint density at radius 2 is 1.94 bits per heavy atom. The van der Waals surface area contributed by atoms with E-state index in [4.69, 9.17) is 14.2 Å². The van der Waals surface area contributed by atoms with Crippen LogP contribution >= 0.6 is 11.8 Å². The van der Waals surface area contributed by atoms with Crippen molar-refractivity contribution in [3.05, 3.63) is 48.3 Å². The molecule has 0 saturated carbocycles. The molecule has 0 bridgehead atoms. The van der Waals surface area contributed by atoms with E-state index in [1.165, 1.54) is 23.9 Å². The van der Waals surface area contributed by atoms with E-state index in [1.54, 1.807) is 23.1 Å². The Morgan fingerprint density at radius 3 is 2.74 bits per heavy atom. The highest BCUT2D eigenvalue weighted by molar-refractivity contribution is 7.99. The van der Waals surface area contributed by atoms with Crippen LogP contribution in [0.5, 0.6) is 0 Å². The zero-order chi connectivity index (χ0) is 23.7. The first-order valence-corrected chi connectivity index (χ1v) is 10.8. The van der Waals surface area contributed by atoms with Gasteiger partial charge in [0.1, 0.15) is 18.2 Å². The quantitative estimate of drug-likeness (QED) is 0.528. The largest absolute Gasteiger partial charge is 0.441 e. The number of tetrazole rings is 1. The molecule has 2 aliphatic heterocycles. The van der Waals surface area contributed by atoms with Gasteiger partial charge in [-0.25, -0.2) is 19.4 Å². The van der Waals surface area contributed by atoms with Gasteiger partial charge in [-0.3, -0.25) is 5.32 Å². The van der Waals surface area contributed by atoms with Gasteiger partial charge in [0.05, 0.1) is 18.8 Å². The molecule has 0 radical (unpaired) electrons.